The minimum Gasteiger partial charge on any atom is -0.477 e. The molecule has 1 fully saturated rings. The zero-order chi connectivity index (χ0) is 12.3. The number of nitrogens with zero attached hydrogens (tertiary/aromatic N) is 1. The van der Waals surface area contributed by atoms with Crippen LogP contribution >= 0.6 is 0 Å². The number of pyridine rings is 1. The van der Waals surface area contributed by atoms with E-state index in [0.717, 1.165) is 25.7 Å². The molecule has 0 aromatic carbocycles. The topological polar surface area (TPSA) is 82.5 Å². The number of aliphatic hydroxyl groups is 1. The van der Waals surface area contributed by atoms with Gasteiger partial charge in [0.25, 0.3) is 0 Å². The fraction of sp³-hybridized carbons (Fsp3) is 0.500. The Labute approximate surface area is 99.5 Å². The van der Waals surface area contributed by atoms with Crippen LogP contribution in [0.3, 0.4) is 0 Å². The largest absolute Gasteiger partial charge is 0.477 e. The summed E-state index contributed by atoms with van der Waals surface area (Å²) in [5, 5.41) is 22.0. The number of aromatic carboxylic acids is 1. The van der Waals surface area contributed by atoms with E-state index in [4.69, 9.17) is 5.11 Å². The molecule has 92 valence electrons. The summed E-state index contributed by atoms with van der Waals surface area (Å²) in [6, 6.07) is 3.17. The van der Waals surface area contributed by atoms with Gasteiger partial charge in [0.05, 0.1) is 5.60 Å². The van der Waals surface area contributed by atoms with Gasteiger partial charge in [-0.15, -0.1) is 0 Å². The lowest BCUT2D eigenvalue weighted by Crippen LogP contribution is -2.33. The molecule has 1 aliphatic carbocycles. The highest BCUT2D eigenvalue weighted by atomic mass is 16.4. The maximum absolute atomic E-state index is 10.7. The zero-order valence-electron chi connectivity index (χ0n) is 9.52. The Hall–Kier alpha value is -1.62. The molecule has 1 aliphatic rings. The van der Waals surface area contributed by atoms with Gasteiger partial charge in [-0.1, -0.05) is 12.8 Å². The van der Waals surface area contributed by atoms with E-state index in [-0.39, 0.29) is 5.69 Å². The maximum atomic E-state index is 10.7. The maximum Gasteiger partial charge on any atom is 0.354 e. The van der Waals surface area contributed by atoms with Crippen molar-refractivity contribution in [3.05, 3.63) is 24.0 Å². The van der Waals surface area contributed by atoms with Crippen molar-refractivity contribution in [3.8, 4) is 0 Å². The molecular formula is C12H16N2O3. The van der Waals surface area contributed by atoms with Gasteiger partial charge in [0.15, 0.2) is 0 Å². The van der Waals surface area contributed by atoms with E-state index in [0.29, 0.717) is 12.2 Å². The quantitative estimate of drug-likeness (QED) is 0.738. The Bertz CT molecular complexity index is 414. The summed E-state index contributed by atoms with van der Waals surface area (Å²) >= 11 is 0. The first kappa shape index (κ1) is 11.9. The van der Waals surface area contributed by atoms with Crippen molar-refractivity contribution < 1.29 is 15.0 Å². The van der Waals surface area contributed by atoms with E-state index >= 15 is 0 Å². The first-order valence-corrected chi connectivity index (χ1v) is 5.75. The number of hydrogen-bond donors (Lipinski definition) is 3. The number of rotatable bonds is 4. The molecule has 5 nitrogen and oxygen atoms in total. The smallest absolute Gasteiger partial charge is 0.354 e. The molecular weight excluding hydrogens is 220 g/mol. The molecule has 0 aliphatic heterocycles. The van der Waals surface area contributed by atoms with Crippen molar-refractivity contribution in [2.75, 3.05) is 11.9 Å². The first-order chi connectivity index (χ1) is 8.09. The van der Waals surface area contributed by atoms with Crippen LogP contribution in [0.1, 0.15) is 36.2 Å². The summed E-state index contributed by atoms with van der Waals surface area (Å²) in [4.78, 5) is 14.5. The Morgan fingerprint density at radius 3 is 2.82 bits per heavy atom. The van der Waals surface area contributed by atoms with Crippen LogP contribution in [-0.2, 0) is 0 Å². The lowest BCUT2D eigenvalue weighted by atomic mass is 10.0. The minimum absolute atomic E-state index is 0.00779. The first-order valence-electron chi connectivity index (χ1n) is 5.75. The number of aromatic nitrogens is 1. The molecule has 0 spiro atoms. The highest BCUT2D eigenvalue weighted by Gasteiger charge is 2.30. The average Bonchev–Trinajstić information content (AvgIpc) is 2.75. The summed E-state index contributed by atoms with van der Waals surface area (Å²) in [6.45, 7) is 0.454. The lowest BCUT2D eigenvalue weighted by Gasteiger charge is -2.23. The number of carboxylic acid groups (broad SMARTS) is 1. The van der Waals surface area contributed by atoms with Gasteiger partial charge < -0.3 is 15.5 Å². The molecule has 1 saturated carbocycles. The molecule has 0 amide bonds. The van der Waals surface area contributed by atoms with Crippen molar-refractivity contribution in [2.45, 2.75) is 31.3 Å². The van der Waals surface area contributed by atoms with Crippen molar-refractivity contribution in [2.24, 2.45) is 0 Å². The minimum atomic E-state index is -1.05. The van der Waals surface area contributed by atoms with Crippen molar-refractivity contribution in [3.63, 3.8) is 0 Å². The second-order valence-corrected chi connectivity index (χ2v) is 4.52. The molecule has 0 bridgehead atoms. The van der Waals surface area contributed by atoms with Crippen LogP contribution in [0.15, 0.2) is 18.3 Å². The molecule has 1 heterocycles. The molecule has 5 heteroatoms. The number of carboxylic acids is 1. The number of anilines is 1. The molecule has 0 saturated heterocycles. The predicted molar refractivity (Wildman–Crippen MR) is 63.1 cm³/mol. The van der Waals surface area contributed by atoms with Crippen LogP contribution < -0.4 is 5.32 Å². The monoisotopic (exact) mass is 236 g/mol. The van der Waals surface area contributed by atoms with Gasteiger partial charge in [-0.05, 0) is 25.0 Å². The van der Waals surface area contributed by atoms with Crippen molar-refractivity contribution in [1.29, 1.82) is 0 Å². The third-order valence-corrected chi connectivity index (χ3v) is 3.13. The molecule has 2 rings (SSSR count). The van der Waals surface area contributed by atoms with Crippen LogP contribution in [0.5, 0.6) is 0 Å². The highest BCUT2D eigenvalue weighted by Crippen LogP contribution is 2.29. The molecule has 0 radical (unpaired) electrons. The van der Waals surface area contributed by atoms with Crippen LogP contribution in [0.4, 0.5) is 5.69 Å². The van der Waals surface area contributed by atoms with Gasteiger partial charge in [0.2, 0.25) is 0 Å². The predicted octanol–water partition coefficient (Wildman–Crippen LogP) is 1.50. The second-order valence-electron chi connectivity index (χ2n) is 4.52. The molecule has 1 aromatic heterocycles. The SMILES string of the molecule is O=C(O)c1cc(NCC2(O)CCCC2)ccn1. The van der Waals surface area contributed by atoms with E-state index in [1.165, 1.54) is 12.3 Å². The van der Waals surface area contributed by atoms with Gasteiger partial charge in [-0.2, -0.15) is 0 Å². The van der Waals surface area contributed by atoms with Gasteiger partial charge in [0, 0.05) is 18.4 Å². The van der Waals surface area contributed by atoms with Crippen LogP contribution in [0.2, 0.25) is 0 Å². The number of nitrogens with one attached hydrogen (secondary N) is 1. The summed E-state index contributed by atoms with van der Waals surface area (Å²) in [7, 11) is 0. The average molecular weight is 236 g/mol. The van der Waals surface area contributed by atoms with Gasteiger partial charge >= 0.3 is 5.97 Å². The molecule has 0 unspecified atom stereocenters. The molecule has 1 aromatic rings. The van der Waals surface area contributed by atoms with Crippen LogP contribution in [0.25, 0.3) is 0 Å². The summed E-state index contributed by atoms with van der Waals surface area (Å²) in [5.74, 6) is -1.05. The van der Waals surface area contributed by atoms with Gasteiger partial charge in [-0.25, -0.2) is 9.78 Å². The van der Waals surface area contributed by atoms with Crippen molar-refractivity contribution in [1.82, 2.24) is 4.98 Å². The molecule has 17 heavy (non-hydrogen) atoms. The summed E-state index contributed by atoms with van der Waals surface area (Å²) < 4.78 is 0. The third kappa shape index (κ3) is 2.94. The van der Waals surface area contributed by atoms with Crippen LogP contribution in [-0.4, -0.2) is 33.3 Å². The fourth-order valence-corrected chi connectivity index (χ4v) is 2.13. The van der Waals surface area contributed by atoms with E-state index in [1.807, 2.05) is 0 Å². The van der Waals surface area contributed by atoms with Gasteiger partial charge in [-0.3, -0.25) is 0 Å². The summed E-state index contributed by atoms with van der Waals surface area (Å²) in [6.07, 6.45) is 5.15. The fourth-order valence-electron chi connectivity index (χ4n) is 2.13. The Balaban J connectivity index is 1.99. The zero-order valence-corrected chi connectivity index (χ0v) is 9.52. The van der Waals surface area contributed by atoms with Gasteiger partial charge in [0.1, 0.15) is 5.69 Å². The number of hydrogen-bond acceptors (Lipinski definition) is 4. The highest BCUT2D eigenvalue weighted by molar-refractivity contribution is 5.86. The Morgan fingerprint density at radius 1 is 1.47 bits per heavy atom. The molecule has 3 N–H and O–H groups in total. The summed E-state index contributed by atoms with van der Waals surface area (Å²) in [5.41, 5.74) is 0.0401. The standard InChI is InChI=1S/C12H16N2O3/c15-11(16)10-7-9(3-6-13-10)14-8-12(17)4-1-2-5-12/h3,6-7,17H,1-2,4-5,8H2,(H,13,14)(H,15,16). The van der Waals surface area contributed by atoms with Crippen molar-refractivity contribution >= 4 is 11.7 Å². The van der Waals surface area contributed by atoms with E-state index in [1.54, 1.807) is 6.07 Å². The lowest BCUT2D eigenvalue weighted by molar-refractivity contribution is 0.0614. The normalized spacial score (nSPS) is 17.9. The van der Waals surface area contributed by atoms with E-state index < -0.39 is 11.6 Å². The second kappa shape index (κ2) is 4.71. The number of carbonyl (C=O) groups is 1. The van der Waals surface area contributed by atoms with Crippen LogP contribution in [0, 0.1) is 0 Å². The Morgan fingerprint density at radius 2 is 2.18 bits per heavy atom. The van der Waals surface area contributed by atoms with E-state index in [2.05, 4.69) is 10.3 Å². The Kier molecular flexibility index (Phi) is 3.28. The molecule has 0 atom stereocenters. The van der Waals surface area contributed by atoms with E-state index in [9.17, 15) is 9.90 Å². The third-order valence-electron chi connectivity index (χ3n) is 3.13.